The van der Waals surface area contributed by atoms with Gasteiger partial charge in [0.2, 0.25) is 5.91 Å². The van der Waals surface area contributed by atoms with Gasteiger partial charge in [0, 0.05) is 13.0 Å². The zero-order chi connectivity index (χ0) is 17.2. The molecule has 0 aliphatic heterocycles. The van der Waals surface area contributed by atoms with Crippen molar-refractivity contribution in [3.63, 3.8) is 0 Å². The summed E-state index contributed by atoms with van der Waals surface area (Å²) >= 11 is 0. The molecule has 1 aromatic carbocycles. The van der Waals surface area contributed by atoms with Gasteiger partial charge >= 0.3 is 5.97 Å². The van der Waals surface area contributed by atoms with Crippen LogP contribution in [-0.2, 0) is 16.0 Å². The van der Waals surface area contributed by atoms with Crippen LogP contribution in [0.1, 0.15) is 18.4 Å². The Kier molecular flexibility index (Phi) is 7.55. The van der Waals surface area contributed by atoms with E-state index in [9.17, 15) is 14.7 Å². The summed E-state index contributed by atoms with van der Waals surface area (Å²) in [7, 11) is 0. The topological polar surface area (TPSA) is 157 Å². The Hall–Kier alpha value is -2.61. The van der Waals surface area contributed by atoms with Crippen LogP contribution in [0.2, 0.25) is 0 Å². The van der Waals surface area contributed by atoms with Gasteiger partial charge in [0.05, 0.1) is 6.04 Å². The first kappa shape index (κ1) is 18.4. The predicted octanol–water partition coefficient (Wildman–Crippen LogP) is -0.821. The zero-order valence-corrected chi connectivity index (χ0v) is 12.8. The fourth-order valence-corrected chi connectivity index (χ4v) is 1.98. The van der Waals surface area contributed by atoms with E-state index in [4.69, 9.17) is 17.2 Å². The number of nitrogens with two attached hydrogens (primary N) is 3. The number of aliphatic imine (C=N–C) groups is 1. The highest BCUT2D eigenvalue weighted by Gasteiger charge is 2.23. The van der Waals surface area contributed by atoms with E-state index in [0.717, 1.165) is 5.56 Å². The molecule has 1 rings (SSSR count). The van der Waals surface area contributed by atoms with Crippen LogP contribution in [0.3, 0.4) is 0 Å². The summed E-state index contributed by atoms with van der Waals surface area (Å²) in [5.41, 5.74) is 17.0. The molecule has 0 aliphatic carbocycles. The molecule has 8 nitrogen and oxygen atoms in total. The van der Waals surface area contributed by atoms with E-state index >= 15 is 0 Å². The molecule has 23 heavy (non-hydrogen) atoms. The van der Waals surface area contributed by atoms with Crippen molar-refractivity contribution in [1.29, 1.82) is 0 Å². The largest absolute Gasteiger partial charge is 0.480 e. The van der Waals surface area contributed by atoms with E-state index in [2.05, 4.69) is 10.3 Å². The Morgan fingerprint density at radius 3 is 2.43 bits per heavy atom. The lowest BCUT2D eigenvalue weighted by Gasteiger charge is -2.17. The number of carbonyl (C=O) groups excluding carboxylic acids is 1. The molecule has 8 N–H and O–H groups in total. The summed E-state index contributed by atoms with van der Waals surface area (Å²) in [5, 5.41) is 11.7. The lowest BCUT2D eigenvalue weighted by Crippen LogP contribution is -2.49. The number of amides is 1. The van der Waals surface area contributed by atoms with Gasteiger partial charge in [0.15, 0.2) is 5.96 Å². The normalized spacial score (nSPS) is 12.9. The molecule has 8 heteroatoms. The van der Waals surface area contributed by atoms with E-state index in [1.54, 1.807) is 12.1 Å². The van der Waals surface area contributed by atoms with Crippen LogP contribution in [0.25, 0.3) is 0 Å². The van der Waals surface area contributed by atoms with Crippen LogP contribution in [0.4, 0.5) is 0 Å². The highest BCUT2D eigenvalue weighted by molar-refractivity contribution is 5.86. The second kappa shape index (κ2) is 9.42. The van der Waals surface area contributed by atoms with Crippen molar-refractivity contribution in [2.75, 3.05) is 6.54 Å². The molecule has 0 radical (unpaired) electrons. The Morgan fingerprint density at radius 1 is 1.22 bits per heavy atom. The van der Waals surface area contributed by atoms with Gasteiger partial charge in [0.1, 0.15) is 6.04 Å². The van der Waals surface area contributed by atoms with Gasteiger partial charge in [-0.2, -0.15) is 0 Å². The van der Waals surface area contributed by atoms with Gasteiger partial charge in [-0.1, -0.05) is 30.3 Å². The van der Waals surface area contributed by atoms with Crippen molar-refractivity contribution in [2.24, 2.45) is 22.2 Å². The summed E-state index contributed by atoms with van der Waals surface area (Å²) < 4.78 is 0. The van der Waals surface area contributed by atoms with Gasteiger partial charge < -0.3 is 27.6 Å². The molecule has 0 aromatic heterocycles. The highest BCUT2D eigenvalue weighted by atomic mass is 16.4. The standard InChI is InChI=1S/C15H23N5O3/c16-11(7-4-8-19-15(17)18)13(21)20-12(14(22)23)9-10-5-2-1-3-6-10/h1-3,5-6,11-12H,4,7-9,16H2,(H,20,21)(H,22,23)(H4,17,18,19)/t11-,12-/m0/s1. The summed E-state index contributed by atoms with van der Waals surface area (Å²) in [6.07, 6.45) is 1.09. The Labute approximate surface area is 134 Å². The number of nitrogens with zero attached hydrogens (tertiary/aromatic N) is 1. The maximum Gasteiger partial charge on any atom is 0.326 e. The molecule has 0 saturated heterocycles. The van der Waals surface area contributed by atoms with Crippen molar-refractivity contribution in [3.8, 4) is 0 Å². The Balaban J connectivity index is 2.50. The third kappa shape index (κ3) is 7.28. The van der Waals surface area contributed by atoms with E-state index in [1.807, 2.05) is 18.2 Å². The second-order valence-corrected chi connectivity index (χ2v) is 5.14. The van der Waals surface area contributed by atoms with Crippen LogP contribution >= 0.6 is 0 Å². The number of carboxylic acid groups (broad SMARTS) is 1. The number of benzene rings is 1. The molecular formula is C15H23N5O3. The van der Waals surface area contributed by atoms with Gasteiger partial charge in [-0.25, -0.2) is 4.79 Å². The summed E-state index contributed by atoms with van der Waals surface area (Å²) in [6, 6.07) is 7.24. The summed E-state index contributed by atoms with van der Waals surface area (Å²) in [6.45, 7) is 0.371. The van der Waals surface area contributed by atoms with Gasteiger partial charge in [-0.15, -0.1) is 0 Å². The molecule has 0 fully saturated rings. The maximum atomic E-state index is 12.0. The molecule has 0 spiro atoms. The fraction of sp³-hybridized carbons (Fsp3) is 0.400. The smallest absolute Gasteiger partial charge is 0.326 e. The number of carboxylic acids is 1. The van der Waals surface area contributed by atoms with E-state index < -0.39 is 24.0 Å². The maximum absolute atomic E-state index is 12.0. The minimum absolute atomic E-state index is 0.0168. The minimum Gasteiger partial charge on any atom is -0.480 e. The lowest BCUT2D eigenvalue weighted by molar-refractivity contribution is -0.142. The van der Waals surface area contributed by atoms with Crippen molar-refractivity contribution >= 4 is 17.8 Å². The number of hydrogen-bond acceptors (Lipinski definition) is 4. The van der Waals surface area contributed by atoms with Crippen LogP contribution in [0.15, 0.2) is 35.3 Å². The van der Waals surface area contributed by atoms with Gasteiger partial charge in [-0.05, 0) is 18.4 Å². The van der Waals surface area contributed by atoms with Crippen molar-refractivity contribution < 1.29 is 14.7 Å². The number of rotatable bonds is 9. The molecular weight excluding hydrogens is 298 g/mol. The quantitative estimate of drug-likeness (QED) is 0.227. The Bertz CT molecular complexity index is 543. The van der Waals surface area contributed by atoms with Crippen LogP contribution in [0.5, 0.6) is 0 Å². The Morgan fingerprint density at radius 2 is 1.87 bits per heavy atom. The molecule has 0 bridgehead atoms. The SMILES string of the molecule is NC(N)=NCCC[C@H](N)C(=O)N[C@@H](Cc1ccccc1)C(=O)O. The second-order valence-electron chi connectivity index (χ2n) is 5.14. The first-order valence-corrected chi connectivity index (χ1v) is 7.28. The average molecular weight is 321 g/mol. The first-order chi connectivity index (χ1) is 10.9. The lowest BCUT2D eigenvalue weighted by atomic mass is 10.0. The monoisotopic (exact) mass is 321 g/mol. The number of nitrogens with one attached hydrogen (secondary N) is 1. The zero-order valence-electron chi connectivity index (χ0n) is 12.8. The average Bonchev–Trinajstić information content (AvgIpc) is 2.51. The molecule has 126 valence electrons. The van der Waals surface area contributed by atoms with E-state index in [1.165, 1.54) is 0 Å². The van der Waals surface area contributed by atoms with Crippen molar-refractivity contribution in [3.05, 3.63) is 35.9 Å². The molecule has 1 aromatic rings. The van der Waals surface area contributed by atoms with Crippen molar-refractivity contribution in [2.45, 2.75) is 31.3 Å². The van der Waals surface area contributed by atoms with Crippen LogP contribution in [-0.4, -0.2) is 41.6 Å². The fourth-order valence-electron chi connectivity index (χ4n) is 1.98. The molecule has 1 amide bonds. The van der Waals surface area contributed by atoms with Gasteiger partial charge in [-0.3, -0.25) is 9.79 Å². The van der Waals surface area contributed by atoms with E-state index in [0.29, 0.717) is 19.4 Å². The number of aliphatic carboxylic acids is 1. The highest BCUT2D eigenvalue weighted by Crippen LogP contribution is 2.04. The first-order valence-electron chi connectivity index (χ1n) is 7.28. The third-order valence-corrected chi connectivity index (χ3v) is 3.20. The third-order valence-electron chi connectivity index (χ3n) is 3.20. The van der Waals surface area contributed by atoms with Crippen LogP contribution in [0, 0.1) is 0 Å². The number of guanidine groups is 1. The molecule has 0 aliphatic rings. The number of hydrogen-bond donors (Lipinski definition) is 5. The molecule has 0 unspecified atom stereocenters. The predicted molar refractivity (Wildman–Crippen MR) is 87.6 cm³/mol. The van der Waals surface area contributed by atoms with Crippen molar-refractivity contribution in [1.82, 2.24) is 5.32 Å². The van der Waals surface area contributed by atoms with Gasteiger partial charge in [0.25, 0.3) is 0 Å². The molecule has 2 atom stereocenters. The molecule has 0 heterocycles. The molecule has 0 saturated carbocycles. The van der Waals surface area contributed by atoms with E-state index in [-0.39, 0.29) is 12.4 Å². The number of carbonyl (C=O) groups is 2. The minimum atomic E-state index is -1.10. The summed E-state index contributed by atoms with van der Waals surface area (Å²) in [4.78, 5) is 27.1. The summed E-state index contributed by atoms with van der Waals surface area (Å²) in [5.74, 6) is -1.62. The van der Waals surface area contributed by atoms with Crippen LogP contribution < -0.4 is 22.5 Å².